The maximum atomic E-state index is 9.54. The largest absolute Gasteiger partial charge is 0.391 e. The number of nitrogens with one attached hydrogen (secondary N) is 1. The minimum atomic E-state index is -0.186. The molecule has 156 valence electrons. The minimum Gasteiger partial charge on any atom is -0.391 e. The van der Waals surface area contributed by atoms with Crippen molar-refractivity contribution in [3.8, 4) is 0 Å². The highest BCUT2D eigenvalue weighted by Gasteiger charge is 2.31. The van der Waals surface area contributed by atoms with Crippen molar-refractivity contribution in [2.45, 2.75) is 45.6 Å². The number of fused-ring (bicyclic) bond motifs is 5. The van der Waals surface area contributed by atoms with E-state index in [9.17, 15) is 5.11 Å². The Hall–Kier alpha value is -2.39. The van der Waals surface area contributed by atoms with Gasteiger partial charge in [-0.15, -0.1) is 16.4 Å². The Bertz CT molecular complexity index is 1180. The molecule has 1 aromatic carbocycles. The van der Waals surface area contributed by atoms with E-state index in [1.54, 1.807) is 22.2 Å². The van der Waals surface area contributed by atoms with E-state index in [0.717, 1.165) is 34.7 Å². The molecule has 0 aliphatic carbocycles. The third kappa shape index (κ3) is 3.72. The molecular formula is C22H26N5O2S+. The Morgan fingerprint density at radius 3 is 2.87 bits per heavy atom. The molecule has 0 fully saturated rings. The number of thiophene rings is 1. The lowest BCUT2D eigenvalue weighted by atomic mass is 9.94. The Balaban J connectivity index is 1.49. The van der Waals surface area contributed by atoms with Gasteiger partial charge in [-0.25, -0.2) is 14.5 Å². The Labute approximate surface area is 179 Å². The molecule has 7 nitrogen and oxygen atoms in total. The first-order valence-corrected chi connectivity index (χ1v) is 11.1. The van der Waals surface area contributed by atoms with Gasteiger partial charge in [0.2, 0.25) is 5.82 Å². The van der Waals surface area contributed by atoms with Crippen molar-refractivity contribution in [1.82, 2.24) is 19.6 Å². The molecule has 1 unspecified atom stereocenters. The maximum absolute atomic E-state index is 9.54. The molecule has 8 heteroatoms. The van der Waals surface area contributed by atoms with E-state index in [1.165, 1.54) is 20.9 Å². The highest BCUT2D eigenvalue weighted by molar-refractivity contribution is 7.19. The van der Waals surface area contributed by atoms with Crippen LogP contribution in [0.5, 0.6) is 0 Å². The number of ether oxygens (including phenoxy) is 1. The SMILES string of the molecule is CC1(C)Cc2c(sc3ncn4nc(C[NH+](CCO)Cc5ccccc5)nc4c23)CO1. The van der Waals surface area contributed by atoms with Crippen molar-refractivity contribution in [3.63, 3.8) is 0 Å². The summed E-state index contributed by atoms with van der Waals surface area (Å²) >= 11 is 1.69. The van der Waals surface area contributed by atoms with E-state index in [1.807, 2.05) is 18.2 Å². The fourth-order valence-corrected chi connectivity index (χ4v) is 5.23. The van der Waals surface area contributed by atoms with E-state index < -0.39 is 0 Å². The van der Waals surface area contributed by atoms with Crippen LogP contribution in [-0.2, 0) is 30.9 Å². The molecule has 0 saturated carbocycles. The first kappa shape index (κ1) is 19.6. The van der Waals surface area contributed by atoms with Crippen molar-refractivity contribution in [1.29, 1.82) is 0 Å². The third-order valence-electron chi connectivity index (χ3n) is 5.62. The summed E-state index contributed by atoms with van der Waals surface area (Å²) in [5, 5.41) is 15.4. The van der Waals surface area contributed by atoms with Crippen LogP contribution in [0.15, 0.2) is 36.7 Å². The van der Waals surface area contributed by atoms with Gasteiger partial charge in [0.05, 0.1) is 24.2 Å². The number of aliphatic hydroxyl groups is 1. The second-order valence-electron chi connectivity index (χ2n) is 8.51. The van der Waals surface area contributed by atoms with Crippen molar-refractivity contribution in [2.75, 3.05) is 13.2 Å². The maximum Gasteiger partial charge on any atom is 0.206 e. The van der Waals surface area contributed by atoms with Crippen LogP contribution in [0.3, 0.4) is 0 Å². The molecule has 0 radical (unpaired) electrons. The van der Waals surface area contributed by atoms with Gasteiger partial charge in [-0.05, 0) is 19.4 Å². The zero-order chi connectivity index (χ0) is 20.7. The van der Waals surface area contributed by atoms with E-state index in [0.29, 0.717) is 19.7 Å². The van der Waals surface area contributed by atoms with Crippen molar-refractivity contribution >= 4 is 27.2 Å². The van der Waals surface area contributed by atoms with Crippen molar-refractivity contribution in [3.05, 3.63) is 58.5 Å². The summed E-state index contributed by atoms with van der Waals surface area (Å²) in [6, 6.07) is 10.3. The Kier molecular flexibility index (Phi) is 5.02. The second kappa shape index (κ2) is 7.70. The van der Waals surface area contributed by atoms with Gasteiger partial charge in [-0.1, -0.05) is 30.3 Å². The molecule has 4 heterocycles. The quantitative estimate of drug-likeness (QED) is 0.493. The molecule has 0 spiro atoms. The molecule has 0 saturated heterocycles. The number of hydrogen-bond acceptors (Lipinski definition) is 6. The minimum absolute atomic E-state index is 0.133. The van der Waals surface area contributed by atoms with Gasteiger partial charge in [0.1, 0.15) is 30.8 Å². The summed E-state index contributed by atoms with van der Waals surface area (Å²) in [5.41, 5.74) is 3.22. The monoisotopic (exact) mass is 424 g/mol. The Morgan fingerprint density at radius 2 is 2.07 bits per heavy atom. The van der Waals surface area contributed by atoms with Crippen LogP contribution in [0.2, 0.25) is 0 Å². The van der Waals surface area contributed by atoms with Crippen molar-refractivity contribution in [2.24, 2.45) is 0 Å². The highest BCUT2D eigenvalue weighted by atomic mass is 32.1. The second-order valence-corrected chi connectivity index (χ2v) is 9.60. The molecule has 1 atom stereocenters. The Morgan fingerprint density at radius 1 is 1.23 bits per heavy atom. The van der Waals surface area contributed by atoms with Gasteiger partial charge in [-0.3, -0.25) is 0 Å². The van der Waals surface area contributed by atoms with Crippen LogP contribution in [0.25, 0.3) is 15.9 Å². The smallest absolute Gasteiger partial charge is 0.206 e. The van der Waals surface area contributed by atoms with Crippen molar-refractivity contribution < 1.29 is 14.7 Å². The van der Waals surface area contributed by atoms with Gasteiger partial charge in [0.15, 0.2) is 5.65 Å². The average Bonchev–Trinajstić information content (AvgIpc) is 3.28. The summed E-state index contributed by atoms with van der Waals surface area (Å²) in [6.45, 7) is 7.14. The molecule has 1 aliphatic heterocycles. The molecule has 5 rings (SSSR count). The lowest BCUT2D eigenvalue weighted by Crippen LogP contribution is -3.10. The van der Waals surface area contributed by atoms with Gasteiger partial charge in [0.25, 0.3) is 0 Å². The summed E-state index contributed by atoms with van der Waals surface area (Å²) < 4.78 is 7.79. The summed E-state index contributed by atoms with van der Waals surface area (Å²) in [5.74, 6) is 0.773. The van der Waals surface area contributed by atoms with Gasteiger partial charge < -0.3 is 14.7 Å². The number of benzene rings is 1. The number of aromatic nitrogens is 4. The summed E-state index contributed by atoms with van der Waals surface area (Å²) in [6.07, 6.45) is 2.60. The van der Waals surface area contributed by atoms with Crippen LogP contribution in [0.4, 0.5) is 0 Å². The van der Waals surface area contributed by atoms with Gasteiger partial charge in [0, 0.05) is 16.9 Å². The summed E-state index contributed by atoms with van der Waals surface area (Å²) in [7, 11) is 0. The predicted octanol–water partition coefficient (Wildman–Crippen LogP) is 1.77. The number of aliphatic hydroxyl groups excluding tert-OH is 1. The van der Waals surface area contributed by atoms with Gasteiger partial charge >= 0.3 is 0 Å². The van der Waals surface area contributed by atoms with E-state index >= 15 is 0 Å². The normalized spacial score (nSPS) is 16.8. The standard InChI is InChI=1S/C22H25N5O2S/c1-22(2)10-16-17(13-29-22)30-21-19(16)20-24-18(25-27(20)14-23-21)12-26(8-9-28)11-15-6-4-3-5-7-15/h3-7,14,28H,8-13H2,1-2H3/p+1. The number of rotatable bonds is 6. The molecule has 3 aromatic heterocycles. The highest BCUT2D eigenvalue weighted by Crippen LogP contribution is 2.39. The molecule has 4 aromatic rings. The fourth-order valence-electron chi connectivity index (χ4n) is 4.17. The van der Waals surface area contributed by atoms with Crippen LogP contribution in [-0.4, -0.2) is 43.4 Å². The van der Waals surface area contributed by atoms with Crippen LogP contribution < -0.4 is 4.90 Å². The van der Waals surface area contributed by atoms with E-state index in [-0.39, 0.29) is 12.2 Å². The van der Waals surface area contributed by atoms with Crippen LogP contribution >= 0.6 is 11.3 Å². The predicted molar refractivity (Wildman–Crippen MR) is 116 cm³/mol. The lowest BCUT2D eigenvalue weighted by molar-refractivity contribution is -0.928. The third-order valence-corrected chi connectivity index (χ3v) is 6.74. The lowest BCUT2D eigenvalue weighted by Gasteiger charge is -2.30. The molecule has 30 heavy (non-hydrogen) atoms. The molecular weight excluding hydrogens is 398 g/mol. The van der Waals surface area contributed by atoms with Gasteiger partial charge in [-0.2, -0.15) is 0 Å². The molecule has 2 N–H and O–H groups in total. The van der Waals surface area contributed by atoms with Crippen LogP contribution in [0, 0.1) is 0 Å². The van der Waals surface area contributed by atoms with Crippen LogP contribution in [0.1, 0.15) is 35.7 Å². The topological polar surface area (TPSA) is 77.0 Å². The fraction of sp³-hybridized carbons (Fsp3) is 0.409. The summed E-state index contributed by atoms with van der Waals surface area (Å²) in [4.78, 5) is 13.0. The van der Waals surface area contributed by atoms with E-state index in [2.05, 4.69) is 31.0 Å². The zero-order valence-electron chi connectivity index (χ0n) is 17.3. The number of nitrogens with zero attached hydrogens (tertiary/aromatic N) is 4. The average molecular weight is 425 g/mol. The molecule has 1 aliphatic rings. The first-order valence-electron chi connectivity index (χ1n) is 10.3. The zero-order valence-corrected chi connectivity index (χ0v) is 18.1. The van der Waals surface area contributed by atoms with E-state index in [4.69, 9.17) is 14.8 Å². The number of quaternary nitrogens is 1. The molecule has 0 bridgehead atoms. The number of hydrogen-bond donors (Lipinski definition) is 2. The molecule has 0 amide bonds. The first-order chi connectivity index (χ1) is 14.5.